The fourth-order valence-electron chi connectivity index (χ4n) is 1.51. The Morgan fingerprint density at radius 1 is 1.44 bits per heavy atom. The van der Waals surface area contributed by atoms with Crippen molar-refractivity contribution in [2.75, 3.05) is 0 Å². The largest absolute Gasteiger partial charge is 0.481 e. The highest BCUT2D eigenvalue weighted by Gasteiger charge is 2.19. The lowest BCUT2D eigenvalue weighted by Crippen LogP contribution is -2.42. The number of aliphatic carboxylic acids is 1. The molecule has 1 aromatic carbocycles. The van der Waals surface area contributed by atoms with E-state index in [0.29, 0.717) is 0 Å². The Bertz CT molecular complexity index is 451. The van der Waals surface area contributed by atoms with Crippen LogP contribution in [0, 0.1) is 0 Å². The van der Waals surface area contributed by atoms with Gasteiger partial charge in [0, 0.05) is 4.47 Å². The van der Waals surface area contributed by atoms with Gasteiger partial charge in [-0.1, -0.05) is 34.1 Å². The number of nitrogens with one attached hydrogen (secondary N) is 1. The van der Waals surface area contributed by atoms with Crippen molar-refractivity contribution >= 4 is 27.8 Å². The molecule has 0 saturated carbocycles. The van der Waals surface area contributed by atoms with Crippen LogP contribution in [0.2, 0.25) is 0 Å². The van der Waals surface area contributed by atoms with Crippen LogP contribution in [0.5, 0.6) is 0 Å². The summed E-state index contributed by atoms with van der Waals surface area (Å²) in [4.78, 5) is 22.1. The monoisotopic (exact) mass is 314 g/mol. The molecule has 0 aliphatic carbocycles. The Morgan fingerprint density at radius 2 is 2.06 bits per heavy atom. The zero-order valence-electron chi connectivity index (χ0n) is 9.89. The first-order valence-corrected chi connectivity index (χ1v) is 6.23. The summed E-state index contributed by atoms with van der Waals surface area (Å²) in [7, 11) is 0. The molecule has 1 rings (SSSR count). The van der Waals surface area contributed by atoms with E-state index in [2.05, 4.69) is 21.2 Å². The van der Waals surface area contributed by atoms with Crippen molar-refractivity contribution < 1.29 is 14.7 Å². The molecule has 0 aliphatic heterocycles. The second-order valence-electron chi connectivity index (χ2n) is 3.96. The van der Waals surface area contributed by atoms with Crippen molar-refractivity contribution in [3.63, 3.8) is 0 Å². The second-order valence-corrected chi connectivity index (χ2v) is 4.81. The Labute approximate surface area is 113 Å². The predicted octanol–water partition coefficient (Wildman–Crippen LogP) is 1.43. The topological polar surface area (TPSA) is 92.4 Å². The Hall–Kier alpha value is -1.40. The molecule has 98 valence electrons. The lowest BCUT2D eigenvalue weighted by molar-refractivity contribution is -0.139. The maximum Gasteiger partial charge on any atom is 0.305 e. The van der Waals surface area contributed by atoms with E-state index in [4.69, 9.17) is 10.8 Å². The number of carboxylic acid groups (broad SMARTS) is 1. The lowest BCUT2D eigenvalue weighted by Gasteiger charge is -2.18. The number of carbonyl (C=O) groups excluding carboxylic acids is 1. The highest BCUT2D eigenvalue weighted by molar-refractivity contribution is 9.10. The number of halogens is 1. The van der Waals surface area contributed by atoms with Crippen LogP contribution in [0.3, 0.4) is 0 Å². The molecule has 0 aromatic heterocycles. The summed E-state index contributed by atoms with van der Waals surface area (Å²) in [5.74, 6) is -1.56. The van der Waals surface area contributed by atoms with E-state index in [1.165, 1.54) is 0 Å². The van der Waals surface area contributed by atoms with Crippen LogP contribution < -0.4 is 11.1 Å². The van der Waals surface area contributed by atoms with Crippen LogP contribution in [0.4, 0.5) is 0 Å². The zero-order valence-corrected chi connectivity index (χ0v) is 11.5. The van der Waals surface area contributed by atoms with Crippen LogP contribution in [-0.4, -0.2) is 23.0 Å². The van der Waals surface area contributed by atoms with Gasteiger partial charge >= 0.3 is 5.97 Å². The van der Waals surface area contributed by atoms with Crippen LogP contribution in [-0.2, 0) is 9.59 Å². The standard InChI is InChI=1S/C12H15BrN2O3/c1-7(8-4-2-3-5-9(8)13)15-12(18)10(14)6-11(16)17/h2-5,7,10H,6,14H2,1H3,(H,15,18)(H,16,17). The second kappa shape index (κ2) is 6.51. The Balaban J connectivity index is 2.65. The average Bonchev–Trinajstić information content (AvgIpc) is 2.28. The van der Waals surface area contributed by atoms with Crippen molar-refractivity contribution in [3.05, 3.63) is 34.3 Å². The van der Waals surface area contributed by atoms with Gasteiger partial charge in [0.1, 0.15) is 0 Å². The molecule has 18 heavy (non-hydrogen) atoms. The van der Waals surface area contributed by atoms with E-state index in [0.717, 1.165) is 10.0 Å². The van der Waals surface area contributed by atoms with Gasteiger partial charge in [-0.3, -0.25) is 9.59 Å². The van der Waals surface area contributed by atoms with Crippen molar-refractivity contribution in [3.8, 4) is 0 Å². The number of rotatable bonds is 5. The summed E-state index contributed by atoms with van der Waals surface area (Å²) in [5, 5.41) is 11.2. The van der Waals surface area contributed by atoms with E-state index in [1.807, 2.05) is 31.2 Å². The molecule has 0 heterocycles. The molecule has 1 amide bonds. The summed E-state index contributed by atoms with van der Waals surface area (Å²) >= 11 is 3.39. The minimum absolute atomic E-state index is 0.243. The number of amides is 1. The highest BCUT2D eigenvalue weighted by atomic mass is 79.9. The molecule has 0 fully saturated rings. The maximum atomic E-state index is 11.7. The molecule has 1 aromatic rings. The number of carbonyl (C=O) groups is 2. The van der Waals surface area contributed by atoms with Crippen molar-refractivity contribution in [2.45, 2.75) is 25.4 Å². The molecule has 0 radical (unpaired) electrons. The van der Waals surface area contributed by atoms with E-state index in [9.17, 15) is 9.59 Å². The van der Waals surface area contributed by atoms with Gasteiger partial charge in [0.15, 0.2) is 0 Å². The Morgan fingerprint density at radius 3 is 2.61 bits per heavy atom. The maximum absolute atomic E-state index is 11.7. The van der Waals surface area contributed by atoms with E-state index in [-0.39, 0.29) is 12.5 Å². The molecule has 0 spiro atoms. The summed E-state index contributed by atoms with van der Waals surface area (Å²) in [5.41, 5.74) is 6.39. The predicted molar refractivity (Wildman–Crippen MR) is 70.9 cm³/mol. The van der Waals surface area contributed by atoms with Crippen LogP contribution in [0.15, 0.2) is 28.7 Å². The third-order valence-corrected chi connectivity index (χ3v) is 3.18. The number of carboxylic acids is 1. The van der Waals surface area contributed by atoms with Gasteiger partial charge in [-0.05, 0) is 18.6 Å². The molecule has 0 aliphatic rings. The van der Waals surface area contributed by atoms with Crippen LogP contribution >= 0.6 is 15.9 Å². The van der Waals surface area contributed by atoms with Crippen LogP contribution in [0.1, 0.15) is 24.9 Å². The summed E-state index contributed by atoms with van der Waals surface area (Å²) in [6, 6.07) is 6.20. The van der Waals surface area contributed by atoms with E-state index >= 15 is 0 Å². The first kappa shape index (κ1) is 14.7. The third kappa shape index (κ3) is 4.12. The zero-order chi connectivity index (χ0) is 13.7. The quantitative estimate of drug-likeness (QED) is 0.766. The van der Waals surface area contributed by atoms with Crippen molar-refractivity contribution in [1.82, 2.24) is 5.32 Å². The number of nitrogens with two attached hydrogens (primary N) is 1. The average molecular weight is 315 g/mol. The first-order chi connectivity index (χ1) is 8.41. The van der Waals surface area contributed by atoms with Gasteiger partial charge in [0.05, 0.1) is 18.5 Å². The van der Waals surface area contributed by atoms with Gasteiger partial charge < -0.3 is 16.2 Å². The number of benzene rings is 1. The molecule has 0 saturated heterocycles. The lowest BCUT2D eigenvalue weighted by atomic mass is 10.1. The third-order valence-electron chi connectivity index (χ3n) is 2.46. The van der Waals surface area contributed by atoms with E-state index < -0.39 is 17.9 Å². The van der Waals surface area contributed by atoms with E-state index in [1.54, 1.807) is 0 Å². The van der Waals surface area contributed by atoms with Gasteiger partial charge in [-0.15, -0.1) is 0 Å². The van der Waals surface area contributed by atoms with Gasteiger partial charge in [0.2, 0.25) is 5.91 Å². The van der Waals surface area contributed by atoms with Crippen LogP contribution in [0.25, 0.3) is 0 Å². The molecule has 6 heteroatoms. The van der Waals surface area contributed by atoms with Crippen molar-refractivity contribution in [2.24, 2.45) is 5.73 Å². The minimum Gasteiger partial charge on any atom is -0.481 e. The molecule has 0 bridgehead atoms. The molecule has 2 atom stereocenters. The molecule has 5 nitrogen and oxygen atoms in total. The van der Waals surface area contributed by atoms with Gasteiger partial charge in [-0.25, -0.2) is 0 Å². The fourth-order valence-corrected chi connectivity index (χ4v) is 2.13. The SMILES string of the molecule is CC(NC(=O)C(N)CC(=O)O)c1ccccc1Br. The summed E-state index contributed by atoms with van der Waals surface area (Å²) < 4.78 is 0.879. The fraction of sp³-hybridized carbons (Fsp3) is 0.333. The molecular weight excluding hydrogens is 300 g/mol. The smallest absolute Gasteiger partial charge is 0.305 e. The summed E-state index contributed by atoms with van der Waals surface area (Å²) in [6.45, 7) is 1.81. The van der Waals surface area contributed by atoms with Crippen molar-refractivity contribution in [1.29, 1.82) is 0 Å². The number of hydrogen-bond acceptors (Lipinski definition) is 3. The van der Waals surface area contributed by atoms with Gasteiger partial charge in [-0.2, -0.15) is 0 Å². The molecule has 4 N–H and O–H groups in total. The summed E-state index contributed by atoms with van der Waals surface area (Å²) in [6.07, 6.45) is -0.380. The molecular formula is C12H15BrN2O3. The number of hydrogen-bond donors (Lipinski definition) is 3. The Kier molecular flexibility index (Phi) is 5.30. The highest BCUT2D eigenvalue weighted by Crippen LogP contribution is 2.22. The molecule has 2 unspecified atom stereocenters. The first-order valence-electron chi connectivity index (χ1n) is 5.44. The normalized spacial score (nSPS) is 13.7. The van der Waals surface area contributed by atoms with Gasteiger partial charge in [0.25, 0.3) is 0 Å². The minimum atomic E-state index is -1.09.